The highest BCUT2D eigenvalue weighted by molar-refractivity contribution is 5.94. The zero-order valence-corrected chi connectivity index (χ0v) is 8.69. The molecule has 2 unspecified atom stereocenters. The maximum absolute atomic E-state index is 11.8. The number of rotatable bonds is 2. The first-order valence-corrected chi connectivity index (χ1v) is 5.46. The lowest BCUT2D eigenvalue weighted by molar-refractivity contribution is 0.0945. The second-order valence-corrected chi connectivity index (χ2v) is 4.41. The van der Waals surface area contributed by atoms with Crippen LogP contribution in [-0.4, -0.2) is 30.0 Å². The molecule has 2 heterocycles. The van der Waals surface area contributed by atoms with E-state index in [1.807, 2.05) is 0 Å². The van der Waals surface area contributed by atoms with Crippen LogP contribution in [0.4, 0.5) is 0 Å². The van der Waals surface area contributed by atoms with Crippen LogP contribution in [-0.2, 0) is 0 Å². The van der Waals surface area contributed by atoms with Gasteiger partial charge in [0.15, 0.2) is 5.43 Å². The summed E-state index contributed by atoms with van der Waals surface area (Å²) in [4.78, 5) is 26.0. The number of hydrogen-bond acceptors (Lipinski definition) is 3. The van der Waals surface area contributed by atoms with E-state index < -0.39 is 0 Å². The van der Waals surface area contributed by atoms with E-state index in [4.69, 9.17) is 0 Å². The Labute approximate surface area is 92.3 Å². The molecule has 5 nitrogen and oxygen atoms in total. The van der Waals surface area contributed by atoms with Gasteiger partial charge < -0.3 is 15.6 Å². The van der Waals surface area contributed by atoms with Crippen molar-refractivity contribution in [2.45, 2.75) is 6.04 Å². The largest absolute Gasteiger partial charge is 0.367 e. The first kappa shape index (κ1) is 9.59. The third kappa shape index (κ3) is 1.44. The number of amides is 1. The van der Waals surface area contributed by atoms with Crippen molar-refractivity contribution in [1.82, 2.24) is 15.6 Å². The van der Waals surface area contributed by atoms with Crippen LogP contribution < -0.4 is 16.1 Å². The predicted molar refractivity (Wildman–Crippen MR) is 58.2 cm³/mol. The molecule has 1 aliphatic carbocycles. The minimum Gasteiger partial charge on any atom is -0.367 e. The number of nitrogens with one attached hydrogen (secondary N) is 3. The van der Waals surface area contributed by atoms with Gasteiger partial charge in [0.25, 0.3) is 5.91 Å². The molecule has 2 aliphatic rings. The highest BCUT2D eigenvalue weighted by Crippen LogP contribution is 2.41. The van der Waals surface area contributed by atoms with Crippen molar-refractivity contribution in [2.24, 2.45) is 11.8 Å². The molecule has 0 spiro atoms. The van der Waals surface area contributed by atoms with Crippen LogP contribution >= 0.6 is 0 Å². The lowest BCUT2D eigenvalue weighted by Crippen LogP contribution is -2.34. The van der Waals surface area contributed by atoms with E-state index in [2.05, 4.69) is 15.6 Å². The predicted octanol–water partition coefficient (Wildman–Crippen LogP) is -0.677. The summed E-state index contributed by atoms with van der Waals surface area (Å²) in [7, 11) is 0. The van der Waals surface area contributed by atoms with Crippen molar-refractivity contribution in [2.75, 3.05) is 13.1 Å². The van der Waals surface area contributed by atoms with Gasteiger partial charge >= 0.3 is 0 Å². The molecule has 1 aromatic heterocycles. The van der Waals surface area contributed by atoms with Gasteiger partial charge in [0.05, 0.1) is 0 Å². The number of piperidine rings is 1. The van der Waals surface area contributed by atoms with Crippen molar-refractivity contribution in [3.8, 4) is 0 Å². The van der Waals surface area contributed by atoms with Crippen LogP contribution in [0.3, 0.4) is 0 Å². The molecule has 1 saturated heterocycles. The SMILES string of the molecule is O=C(NC1C2CNCC21)c1c[nH]ccc1=O. The minimum absolute atomic E-state index is 0.195. The summed E-state index contributed by atoms with van der Waals surface area (Å²) in [6.07, 6.45) is 2.98. The van der Waals surface area contributed by atoms with Crippen LogP contribution in [0.5, 0.6) is 0 Å². The first-order chi connectivity index (χ1) is 7.77. The molecule has 1 aromatic rings. The van der Waals surface area contributed by atoms with Gasteiger partial charge in [-0.3, -0.25) is 9.59 Å². The summed E-state index contributed by atoms with van der Waals surface area (Å²) < 4.78 is 0. The van der Waals surface area contributed by atoms with Crippen molar-refractivity contribution >= 4 is 5.91 Å². The van der Waals surface area contributed by atoms with Gasteiger partial charge in [0.2, 0.25) is 0 Å². The molecule has 0 bridgehead atoms. The third-order valence-electron chi connectivity index (χ3n) is 3.46. The normalized spacial score (nSPS) is 30.9. The Morgan fingerprint density at radius 2 is 2.12 bits per heavy atom. The fraction of sp³-hybridized carbons (Fsp3) is 0.455. The number of carbonyl (C=O) groups excluding carboxylic acids is 1. The number of H-pyrrole nitrogens is 1. The number of carbonyl (C=O) groups is 1. The summed E-state index contributed by atoms with van der Waals surface area (Å²) in [5.74, 6) is 0.861. The number of aromatic amines is 1. The average Bonchev–Trinajstić information content (AvgIpc) is 2.75. The van der Waals surface area contributed by atoms with Gasteiger partial charge in [0.1, 0.15) is 5.56 Å². The molecule has 1 amide bonds. The lowest BCUT2D eigenvalue weighted by atomic mass is 10.2. The van der Waals surface area contributed by atoms with Gasteiger partial charge in [-0.25, -0.2) is 0 Å². The molecule has 16 heavy (non-hydrogen) atoms. The molecular formula is C11H13N3O2. The zero-order valence-electron chi connectivity index (χ0n) is 8.69. The van der Waals surface area contributed by atoms with Crippen molar-refractivity contribution in [1.29, 1.82) is 0 Å². The van der Waals surface area contributed by atoms with Gasteiger partial charge in [0, 0.05) is 37.6 Å². The van der Waals surface area contributed by atoms with E-state index in [1.54, 1.807) is 0 Å². The first-order valence-electron chi connectivity index (χ1n) is 5.46. The molecule has 84 valence electrons. The lowest BCUT2D eigenvalue weighted by Gasteiger charge is -2.06. The molecule has 3 N–H and O–H groups in total. The van der Waals surface area contributed by atoms with Crippen molar-refractivity contribution < 1.29 is 4.79 Å². The minimum atomic E-state index is -0.263. The molecule has 0 radical (unpaired) electrons. The van der Waals surface area contributed by atoms with Gasteiger partial charge in [-0.2, -0.15) is 0 Å². The monoisotopic (exact) mass is 219 g/mol. The quantitative estimate of drug-likeness (QED) is 0.617. The van der Waals surface area contributed by atoms with Crippen LogP contribution in [0, 0.1) is 11.8 Å². The Morgan fingerprint density at radius 1 is 1.38 bits per heavy atom. The summed E-state index contributed by atoms with van der Waals surface area (Å²) >= 11 is 0. The number of hydrogen-bond donors (Lipinski definition) is 3. The zero-order chi connectivity index (χ0) is 11.1. The van der Waals surface area contributed by atoms with E-state index in [9.17, 15) is 9.59 Å². The Kier molecular flexibility index (Phi) is 2.07. The van der Waals surface area contributed by atoms with Crippen LogP contribution in [0.15, 0.2) is 23.3 Å². The summed E-state index contributed by atoms with van der Waals surface area (Å²) in [6, 6.07) is 1.62. The Morgan fingerprint density at radius 3 is 2.81 bits per heavy atom. The summed E-state index contributed by atoms with van der Waals surface area (Å²) in [5, 5.41) is 6.17. The second-order valence-electron chi connectivity index (χ2n) is 4.41. The average molecular weight is 219 g/mol. The van der Waals surface area contributed by atoms with Crippen molar-refractivity contribution in [3.63, 3.8) is 0 Å². The van der Waals surface area contributed by atoms with E-state index in [0.717, 1.165) is 13.1 Å². The molecule has 3 rings (SSSR count). The van der Waals surface area contributed by atoms with Gasteiger partial charge in [-0.05, 0) is 11.8 Å². The summed E-state index contributed by atoms with van der Waals surface area (Å²) in [5.41, 5.74) is -0.0411. The van der Waals surface area contributed by atoms with Gasteiger partial charge in [-0.1, -0.05) is 0 Å². The maximum atomic E-state index is 11.8. The molecular weight excluding hydrogens is 206 g/mol. The Balaban J connectivity index is 1.71. The van der Waals surface area contributed by atoms with E-state index >= 15 is 0 Å². The number of pyridine rings is 1. The van der Waals surface area contributed by atoms with Gasteiger partial charge in [-0.15, -0.1) is 0 Å². The second kappa shape index (κ2) is 3.45. The molecule has 2 fully saturated rings. The van der Waals surface area contributed by atoms with E-state index in [0.29, 0.717) is 11.8 Å². The molecule has 0 aromatic carbocycles. The van der Waals surface area contributed by atoms with Crippen LogP contribution in [0.25, 0.3) is 0 Å². The Bertz CT molecular complexity index is 472. The highest BCUT2D eigenvalue weighted by Gasteiger charge is 2.53. The fourth-order valence-corrected chi connectivity index (χ4v) is 2.46. The summed E-state index contributed by atoms with van der Waals surface area (Å²) in [6.45, 7) is 1.95. The highest BCUT2D eigenvalue weighted by atomic mass is 16.2. The molecule has 5 heteroatoms. The fourth-order valence-electron chi connectivity index (χ4n) is 2.46. The standard InChI is InChI=1S/C11H13N3O2/c15-9-1-2-12-5-8(9)11(16)14-10-6-3-13-4-7(6)10/h1-2,5-7,10,13H,3-4H2,(H,12,15)(H,14,16). The third-order valence-corrected chi connectivity index (χ3v) is 3.46. The molecule has 2 atom stereocenters. The molecule has 1 saturated carbocycles. The van der Waals surface area contributed by atoms with E-state index in [-0.39, 0.29) is 22.9 Å². The van der Waals surface area contributed by atoms with Crippen molar-refractivity contribution in [3.05, 3.63) is 34.2 Å². The van der Waals surface area contributed by atoms with Crippen LogP contribution in [0.2, 0.25) is 0 Å². The molecule has 1 aliphatic heterocycles. The van der Waals surface area contributed by atoms with E-state index in [1.165, 1.54) is 18.5 Å². The maximum Gasteiger partial charge on any atom is 0.256 e. The number of aromatic nitrogens is 1. The number of fused-ring (bicyclic) bond motifs is 1. The smallest absolute Gasteiger partial charge is 0.256 e. The Hall–Kier alpha value is -1.62. The topological polar surface area (TPSA) is 74.0 Å². The van der Waals surface area contributed by atoms with Crippen LogP contribution in [0.1, 0.15) is 10.4 Å².